The van der Waals surface area contributed by atoms with E-state index in [1.165, 1.54) is 0 Å². The molecule has 9 N–H and O–H groups in total. The average molecular weight is 501 g/mol. The molecule has 0 aliphatic carbocycles. The minimum absolute atomic E-state index is 0.109. The summed E-state index contributed by atoms with van der Waals surface area (Å²) in [6.07, 6.45) is -1.32. The molecule has 1 heterocycles. The molecule has 0 spiro atoms. The molecule has 1 saturated heterocycles. The van der Waals surface area contributed by atoms with E-state index in [1.807, 2.05) is 0 Å². The Kier molecular flexibility index (Phi) is 11.6. The molecule has 0 saturated carbocycles. The van der Waals surface area contributed by atoms with E-state index in [2.05, 4.69) is 10.6 Å². The molecule has 1 rings (SSSR count). The Balaban J connectivity index is 2.95. The van der Waals surface area contributed by atoms with Crippen LogP contribution in [0.5, 0.6) is 0 Å². The van der Waals surface area contributed by atoms with Gasteiger partial charge in [0.05, 0.1) is 6.04 Å². The fraction of sp³-hybridized carbons (Fsp3) is 0.650. The molecule has 4 unspecified atom stereocenters. The Hall–Kier alpha value is -3.75. The number of carboxylic acids is 3. The van der Waals surface area contributed by atoms with Gasteiger partial charge in [-0.3, -0.25) is 28.8 Å². The van der Waals surface area contributed by atoms with Gasteiger partial charge in [0.2, 0.25) is 23.6 Å². The highest BCUT2D eigenvalue weighted by Gasteiger charge is 2.39. The van der Waals surface area contributed by atoms with E-state index in [-0.39, 0.29) is 45.1 Å². The summed E-state index contributed by atoms with van der Waals surface area (Å²) in [5.41, 5.74) is 10.8. The Morgan fingerprint density at radius 3 is 1.97 bits per heavy atom. The number of nitrogens with two attached hydrogens (primary N) is 2. The summed E-state index contributed by atoms with van der Waals surface area (Å²) < 4.78 is 0. The average Bonchev–Trinajstić information content (AvgIpc) is 3.26. The summed E-state index contributed by atoms with van der Waals surface area (Å²) >= 11 is 0. The first-order valence-electron chi connectivity index (χ1n) is 10.9. The van der Waals surface area contributed by atoms with Crippen LogP contribution in [0.15, 0.2) is 0 Å². The number of carboxylic acid groups (broad SMARTS) is 3. The summed E-state index contributed by atoms with van der Waals surface area (Å²) in [6.45, 7) is 0.109. The predicted molar refractivity (Wildman–Crippen MR) is 116 cm³/mol. The van der Waals surface area contributed by atoms with Crippen LogP contribution in [0.3, 0.4) is 0 Å². The summed E-state index contributed by atoms with van der Waals surface area (Å²) in [5.74, 6) is -6.93. The fourth-order valence-corrected chi connectivity index (χ4v) is 3.53. The normalized spacial score (nSPS) is 17.6. The van der Waals surface area contributed by atoms with Crippen molar-refractivity contribution in [3.05, 3.63) is 0 Å². The standard InChI is InChI=1S/C20H31N5O10/c21-10(3-7-15(27)28)17(31)23-11(4-6-14(22)26)19(33)25-9-1-2-13(25)18(32)24-12(20(34)35)5-8-16(29)30/h10-13H,1-9,21H2,(H2,22,26)(H,23,31)(H,24,32)(H,27,28)(H,29,30)(H,34,35). The third kappa shape index (κ3) is 9.95. The van der Waals surface area contributed by atoms with Crippen molar-refractivity contribution in [2.45, 2.75) is 75.5 Å². The van der Waals surface area contributed by atoms with Crippen LogP contribution in [0.2, 0.25) is 0 Å². The number of hydrogen-bond donors (Lipinski definition) is 7. The molecule has 0 bridgehead atoms. The van der Waals surface area contributed by atoms with E-state index in [9.17, 15) is 38.7 Å². The van der Waals surface area contributed by atoms with Crippen molar-refractivity contribution in [3.63, 3.8) is 0 Å². The highest BCUT2D eigenvalue weighted by Crippen LogP contribution is 2.20. The second kappa shape index (κ2) is 13.8. The van der Waals surface area contributed by atoms with E-state index in [1.54, 1.807) is 0 Å². The number of carbonyl (C=O) groups excluding carboxylic acids is 4. The highest BCUT2D eigenvalue weighted by molar-refractivity contribution is 5.95. The predicted octanol–water partition coefficient (Wildman–Crippen LogP) is -2.65. The van der Waals surface area contributed by atoms with Crippen LogP contribution < -0.4 is 22.1 Å². The molecular weight excluding hydrogens is 470 g/mol. The number of nitrogens with zero attached hydrogens (tertiary/aromatic N) is 1. The van der Waals surface area contributed by atoms with Crippen molar-refractivity contribution < 1.29 is 48.9 Å². The molecule has 1 aliphatic rings. The van der Waals surface area contributed by atoms with Gasteiger partial charge in [0, 0.05) is 25.8 Å². The van der Waals surface area contributed by atoms with Gasteiger partial charge in [0.15, 0.2) is 0 Å². The lowest BCUT2D eigenvalue weighted by Gasteiger charge is -2.30. The minimum Gasteiger partial charge on any atom is -0.481 e. The van der Waals surface area contributed by atoms with Crippen LogP contribution in [-0.2, 0) is 33.6 Å². The monoisotopic (exact) mass is 501 g/mol. The molecule has 15 heteroatoms. The van der Waals surface area contributed by atoms with Gasteiger partial charge < -0.3 is 42.3 Å². The Morgan fingerprint density at radius 1 is 0.857 bits per heavy atom. The first kappa shape index (κ1) is 29.3. The van der Waals surface area contributed by atoms with Crippen molar-refractivity contribution in [3.8, 4) is 0 Å². The van der Waals surface area contributed by atoms with Crippen molar-refractivity contribution >= 4 is 41.5 Å². The van der Waals surface area contributed by atoms with E-state index in [0.29, 0.717) is 6.42 Å². The Labute approximate surface area is 200 Å². The third-order valence-corrected chi connectivity index (χ3v) is 5.40. The summed E-state index contributed by atoms with van der Waals surface area (Å²) in [4.78, 5) is 83.5. The first-order valence-corrected chi connectivity index (χ1v) is 10.9. The number of likely N-dealkylation sites (tertiary alicyclic amines) is 1. The molecule has 196 valence electrons. The maximum Gasteiger partial charge on any atom is 0.326 e. The number of amides is 4. The molecule has 0 aromatic rings. The largest absolute Gasteiger partial charge is 0.481 e. The van der Waals surface area contributed by atoms with Crippen molar-refractivity contribution in [1.29, 1.82) is 0 Å². The van der Waals surface area contributed by atoms with Gasteiger partial charge in [-0.25, -0.2) is 4.79 Å². The van der Waals surface area contributed by atoms with Crippen LogP contribution in [0.25, 0.3) is 0 Å². The molecular formula is C20H31N5O10. The summed E-state index contributed by atoms with van der Waals surface area (Å²) in [7, 11) is 0. The minimum atomic E-state index is -1.48. The van der Waals surface area contributed by atoms with E-state index in [4.69, 9.17) is 21.7 Å². The maximum atomic E-state index is 13.2. The molecule has 1 aliphatic heterocycles. The molecule has 0 aromatic carbocycles. The molecule has 4 atom stereocenters. The smallest absolute Gasteiger partial charge is 0.326 e. The Morgan fingerprint density at radius 2 is 1.43 bits per heavy atom. The number of carbonyl (C=O) groups is 7. The van der Waals surface area contributed by atoms with E-state index in [0.717, 1.165) is 4.90 Å². The number of primary amides is 1. The zero-order chi connectivity index (χ0) is 26.7. The van der Waals surface area contributed by atoms with Gasteiger partial charge in [-0.05, 0) is 32.1 Å². The number of rotatable bonds is 15. The molecule has 35 heavy (non-hydrogen) atoms. The molecule has 4 amide bonds. The van der Waals surface area contributed by atoms with Crippen molar-refractivity contribution in [1.82, 2.24) is 15.5 Å². The van der Waals surface area contributed by atoms with E-state index < -0.39 is 72.1 Å². The Bertz CT molecular complexity index is 848. The lowest BCUT2D eigenvalue weighted by molar-refractivity contribution is -0.145. The molecule has 0 radical (unpaired) electrons. The lowest BCUT2D eigenvalue weighted by atomic mass is 10.1. The number of aliphatic carboxylic acids is 3. The zero-order valence-corrected chi connectivity index (χ0v) is 19.0. The van der Waals surface area contributed by atoms with Crippen LogP contribution in [-0.4, -0.2) is 92.5 Å². The van der Waals surface area contributed by atoms with Crippen molar-refractivity contribution in [2.24, 2.45) is 11.5 Å². The van der Waals surface area contributed by atoms with Gasteiger partial charge in [-0.1, -0.05) is 0 Å². The molecule has 0 aromatic heterocycles. The SMILES string of the molecule is NC(=O)CCC(NC(=O)C(N)CCC(=O)O)C(=O)N1CCCC1C(=O)NC(CCC(=O)O)C(=O)O. The van der Waals surface area contributed by atoms with Crippen LogP contribution >= 0.6 is 0 Å². The number of nitrogens with one attached hydrogen (secondary N) is 2. The highest BCUT2D eigenvalue weighted by atomic mass is 16.4. The molecule has 15 nitrogen and oxygen atoms in total. The van der Waals surface area contributed by atoms with Gasteiger partial charge in [0.25, 0.3) is 0 Å². The van der Waals surface area contributed by atoms with Crippen molar-refractivity contribution in [2.75, 3.05) is 6.54 Å². The fourth-order valence-electron chi connectivity index (χ4n) is 3.53. The topological polar surface area (TPSA) is 260 Å². The quantitative estimate of drug-likeness (QED) is 0.122. The third-order valence-electron chi connectivity index (χ3n) is 5.40. The zero-order valence-electron chi connectivity index (χ0n) is 19.0. The van der Waals surface area contributed by atoms with Crippen LogP contribution in [0.4, 0.5) is 0 Å². The van der Waals surface area contributed by atoms with E-state index >= 15 is 0 Å². The van der Waals surface area contributed by atoms with Gasteiger partial charge in [-0.15, -0.1) is 0 Å². The molecule has 1 fully saturated rings. The van der Waals surface area contributed by atoms with Gasteiger partial charge in [-0.2, -0.15) is 0 Å². The summed E-state index contributed by atoms with van der Waals surface area (Å²) in [6, 6.07) is -5.09. The lowest BCUT2D eigenvalue weighted by Crippen LogP contribution is -2.57. The first-order chi connectivity index (χ1) is 16.3. The van der Waals surface area contributed by atoms with Gasteiger partial charge in [0.1, 0.15) is 18.1 Å². The van der Waals surface area contributed by atoms with Gasteiger partial charge >= 0.3 is 17.9 Å². The van der Waals surface area contributed by atoms with Crippen LogP contribution in [0.1, 0.15) is 51.4 Å². The maximum absolute atomic E-state index is 13.2. The summed E-state index contributed by atoms with van der Waals surface area (Å²) in [5, 5.41) is 31.4. The number of hydrogen-bond acceptors (Lipinski definition) is 8. The van der Waals surface area contributed by atoms with Crippen LogP contribution in [0, 0.1) is 0 Å². The second-order valence-electron chi connectivity index (χ2n) is 8.13. The second-order valence-corrected chi connectivity index (χ2v) is 8.13.